The van der Waals surface area contributed by atoms with Crippen molar-refractivity contribution in [2.75, 3.05) is 6.61 Å². The summed E-state index contributed by atoms with van der Waals surface area (Å²) in [5.74, 6) is 0.896. The summed E-state index contributed by atoms with van der Waals surface area (Å²) < 4.78 is 6.65. The average molecular weight is 352 g/mol. The lowest BCUT2D eigenvalue weighted by Crippen LogP contribution is -2.43. The SMILES string of the molecule is Cc1ccc(OCC(=O)N(C2CCCC2)C2CC2)c(Br)c1. The summed E-state index contributed by atoms with van der Waals surface area (Å²) in [6.07, 6.45) is 7.16. The maximum atomic E-state index is 12.5. The molecule has 114 valence electrons. The van der Waals surface area contributed by atoms with Gasteiger partial charge in [-0.05, 0) is 66.2 Å². The Morgan fingerprint density at radius 3 is 2.52 bits per heavy atom. The number of amides is 1. The van der Waals surface area contributed by atoms with E-state index < -0.39 is 0 Å². The molecule has 3 rings (SSSR count). The summed E-state index contributed by atoms with van der Waals surface area (Å²) in [6, 6.07) is 6.86. The van der Waals surface area contributed by atoms with Crippen molar-refractivity contribution in [2.45, 2.75) is 57.5 Å². The van der Waals surface area contributed by atoms with Crippen LogP contribution < -0.4 is 4.74 Å². The predicted octanol–water partition coefficient (Wildman–Crippen LogP) is 4.07. The van der Waals surface area contributed by atoms with Crippen LogP contribution in [0.3, 0.4) is 0 Å². The number of nitrogens with zero attached hydrogens (tertiary/aromatic N) is 1. The molecule has 0 radical (unpaired) electrons. The maximum Gasteiger partial charge on any atom is 0.261 e. The van der Waals surface area contributed by atoms with Gasteiger partial charge < -0.3 is 9.64 Å². The molecule has 1 aromatic rings. The fraction of sp³-hybridized carbons (Fsp3) is 0.588. The monoisotopic (exact) mass is 351 g/mol. The van der Waals surface area contributed by atoms with Crippen LogP contribution in [-0.4, -0.2) is 29.5 Å². The number of aryl methyl sites for hydroxylation is 1. The standard InChI is InChI=1S/C17H22BrNO2/c1-12-6-9-16(15(18)10-12)21-11-17(20)19(14-7-8-14)13-4-2-3-5-13/h6,9-10,13-14H,2-5,7-8,11H2,1H3. The second-order valence-corrected chi connectivity index (χ2v) is 7.05. The minimum atomic E-state index is 0.147. The number of ether oxygens (including phenoxy) is 1. The molecule has 0 heterocycles. The molecule has 2 fully saturated rings. The molecule has 4 heteroatoms. The molecule has 1 aromatic carbocycles. The van der Waals surface area contributed by atoms with Gasteiger partial charge in [0.05, 0.1) is 4.47 Å². The summed E-state index contributed by atoms with van der Waals surface area (Å²) in [7, 11) is 0. The zero-order valence-electron chi connectivity index (χ0n) is 12.5. The van der Waals surface area contributed by atoms with Crippen LogP contribution in [0, 0.1) is 6.92 Å². The van der Waals surface area contributed by atoms with Gasteiger partial charge in [0, 0.05) is 12.1 Å². The van der Waals surface area contributed by atoms with Crippen LogP contribution in [-0.2, 0) is 4.79 Å². The summed E-state index contributed by atoms with van der Waals surface area (Å²) >= 11 is 3.49. The average Bonchev–Trinajstić information content (AvgIpc) is 3.12. The number of benzene rings is 1. The van der Waals surface area contributed by atoms with Gasteiger partial charge in [0.25, 0.3) is 5.91 Å². The maximum absolute atomic E-state index is 12.5. The van der Waals surface area contributed by atoms with E-state index in [-0.39, 0.29) is 12.5 Å². The molecule has 3 nitrogen and oxygen atoms in total. The van der Waals surface area contributed by atoms with Gasteiger partial charge >= 0.3 is 0 Å². The quantitative estimate of drug-likeness (QED) is 0.800. The number of rotatable bonds is 5. The Morgan fingerprint density at radius 1 is 1.24 bits per heavy atom. The van der Waals surface area contributed by atoms with E-state index in [2.05, 4.69) is 20.8 Å². The van der Waals surface area contributed by atoms with Crippen molar-refractivity contribution in [3.8, 4) is 5.75 Å². The molecular weight excluding hydrogens is 330 g/mol. The number of hydrogen-bond acceptors (Lipinski definition) is 2. The van der Waals surface area contributed by atoms with Crippen molar-refractivity contribution in [2.24, 2.45) is 0 Å². The Morgan fingerprint density at radius 2 is 1.90 bits per heavy atom. The van der Waals surface area contributed by atoms with Crippen LogP contribution in [0.25, 0.3) is 0 Å². The third kappa shape index (κ3) is 3.60. The Hall–Kier alpha value is -1.03. The van der Waals surface area contributed by atoms with E-state index in [4.69, 9.17) is 4.74 Å². The lowest BCUT2D eigenvalue weighted by Gasteiger charge is -2.29. The predicted molar refractivity (Wildman–Crippen MR) is 86.5 cm³/mol. The van der Waals surface area contributed by atoms with E-state index in [1.807, 2.05) is 25.1 Å². The molecule has 2 saturated carbocycles. The van der Waals surface area contributed by atoms with Gasteiger partial charge in [-0.15, -0.1) is 0 Å². The fourth-order valence-corrected chi connectivity index (χ4v) is 3.79. The summed E-state index contributed by atoms with van der Waals surface area (Å²) in [5, 5.41) is 0. The first-order valence-electron chi connectivity index (χ1n) is 7.85. The molecule has 21 heavy (non-hydrogen) atoms. The molecule has 0 spiro atoms. The van der Waals surface area contributed by atoms with E-state index in [9.17, 15) is 4.79 Å². The smallest absolute Gasteiger partial charge is 0.261 e. The van der Waals surface area contributed by atoms with Gasteiger partial charge in [-0.3, -0.25) is 4.79 Å². The second-order valence-electron chi connectivity index (χ2n) is 6.19. The number of carbonyl (C=O) groups excluding carboxylic acids is 1. The largest absolute Gasteiger partial charge is 0.483 e. The Bertz CT molecular complexity index is 522. The van der Waals surface area contributed by atoms with Gasteiger partial charge in [0.1, 0.15) is 5.75 Å². The summed E-state index contributed by atoms with van der Waals surface area (Å²) in [6.45, 7) is 2.18. The normalized spacial score (nSPS) is 18.8. The van der Waals surface area contributed by atoms with Crippen molar-refractivity contribution in [1.82, 2.24) is 4.90 Å². The molecule has 0 aliphatic heterocycles. The summed E-state index contributed by atoms with van der Waals surface area (Å²) in [4.78, 5) is 14.7. The molecule has 1 amide bonds. The highest BCUT2D eigenvalue weighted by Gasteiger charge is 2.38. The lowest BCUT2D eigenvalue weighted by molar-refractivity contribution is -0.136. The zero-order chi connectivity index (χ0) is 14.8. The van der Waals surface area contributed by atoms with Gasteiger partial charge in [-0.25, -0.2) is 0 Å². The minimum absolute atomic E-state index is 0.147. The Labute approximate surface area is 134 Å². The lowest BCUT2D eigenvalue weighted by atomic mass is 10.2. The van der Waals surface area contributed by atoms with E-state index in [1.165, 1.54) is 18.4 Å². The number of carbonyl (C=O) groups is 1. The van der Waals surface area contributed by atoms with Crippen molar-refractivity contribution >= 4 is 21.8 Å². The Balaban J connectivity index is 1.61. The van der Waals surface area contributed by atoms with Crippen LogP contribution >= 0.6 is 15.9 Å². The van der Waals surface area contributed by atoms with E-state index >= 15 is 0 Å². The van der Waals surface area contributed by atoms with Gasteiger partial charge in [0.15, 0.2) is 6.61 Å². The molecule has 0 aromatic heterocycles. The van der Waals surface area contributed by atoms with E-state index in [0.29, 0.717) is 12.1 Å². The highest BCUT2D eigenvalue weighted by atomic mass is 79.9. The number of halogens is 1. The van der Waals surface area contributed by atoms with E-state index in [0.717, 1.165) is 35.9 Å². The van der Waals surface area contributed by atoms with Crippen LogP contribution in [0.15, 0.2) is 22.7 Å². The third-order valence-electron chi connectivity index (χ3n) is 4.38. The van der Waals surface area contributed by atoms with Crippen molar-refractivity contribution < 1.29 is 9.53 Å². The third-order valence-corrected chi connectivity index (χ3v) is 5.00. The topological polar surface area (TPSA) is 29.5 Å². The molecule has 2 aliphatic rings. The molecule has 2 aliphatic carbocycles. The number of hydrogen-bond donors (Lipinski definition) is 0. The highest BCUT2D eigenvalue weighted by Crippen LogP contribution is 2.34. The van der Waals surface area contributed by atoms with Gasteiger partial charge in [-0.1, -0.05) is 18.9 Å². The molecular formula is C17H22BrNO2. The van der Waals surface area contributed by atoms with Gasteiger partial charge in [-0.2, -0.15) is 0 Å². The van der Waals surface area contributed by atoms with Crippen LogP contribution in [0.2, 0.25) is 0 Å². The molecule has 0 unspecified atom stereocenters. The van der Waals surface area contributed by atoms with Crippen molar-refractivity contribution in [3.05, 3.63) is 28.2 Å². The fourth-order valence-electron chi connectivity index (χ4n) is 3.18. The molecule has 0 bridgehead atoms. The second kappa shape index (κ2) is 6.39. The molecule has 0 atom stereocenters. The van der Waals surface area contributed by atoms with Crippen LogP contribution in [0.5, 0.6) is 5.75 Å². The van der Waals surface area contributed by atoms with Crippen LogP contribution in [0.1, 0.15) is 44.1 Å². The first-order chi connectivity index (χ1) is 10.1. The molecule has 0 N–H and O–H groups in total. The molecule has 0 saturated heterocycles. The zero-order valence-corrected chi connectivity index (χ0v) is 14.1. The van der Waals surface area contributed by atoms with E-state index in [1.54, 1.807) is 0 Å². The van der Waals surface area contributed by atoms with Crippen LogP contribution in [0.4, 0.5) is 0 Å². The minimum Gasteiger partial charge on any atom is -0.483 e. The highest BCUT2D eigenvalue weighted by molar-refractivity contribution is 9.10. The summed E-state index contributed by atoms with van der Waals surface area (Å²) in [5.41, 5.74) is 1.17. The first kappa shape index (κ1) is 14.9. The first-order valence-corrected chi connectivity index (χ1v) is 8.64. The van der Waals surface area contributed by atoms with Crippen molar-refractivity contribution in [1.29, 1.82) is 0 Å². The Kier molecular flexibility index (Phi) is 4.53. The van der Waals surface area contributed by atoms with Crippen molar-refractivity contribution in [3.63, 3.8) is 0 Å². The van der Waals surface area contributed by atoms with Gasteiger partial charge in [0.2, 0.25) is 0 Å².